The summed E-state index contributed by atoms with van der Waals surface area (Å²) in [5.74, 6) is -0.230. The van der Waals surface area contributed by atoms with Gasteiger partial charge in [-0.15, -0.1) is 0 Å². The second-order valence-electron chi connectivity index (χ2n) is 4.84. The van der Waals surface area contributed by atoms with E-state index in [0.29, 0.717) is 13.2 Å². The van der Waals surface area contributed by atoms with Crippen LogP contribution in [0.1, 0.15) is 6.92 Å². The SMILES string of the molecule is CC1CN(CC(O)COc2ccccc2F)CCO1. The highest BCUT2D eigenvalue weighted by Crippen LogP contribution is 2.15. The highest BCUT2D eigenvalue weighted by molar-refractivity contribution is 5.23. The summed E-state index contributed by atoms with van der Waals surface area (Å²) >= 11 is 0. The predicted octanol–water partition coefficient (Wildman–Crippen LogP) is 1.29. The Morgan fingerprint density at radius 3 is 3.05 bits per heavy atom. The lowest BCUT2D eigenvalue weighted by Crippen LogP contribution is -2.45. The average Bonchev–Trinajstić information content (AvgIpc) is 2.38. The van der Waals surface area contributed by atoms with E-state index < -0.39 is 11.9 Å². The normalized spacial score (nSPS) is 22.2. The van der Waals surface area contributed by atoms with Crippen molar-refractivity contribution in [2.24, 2.45) is 0 Å². The molecule has 5 heteroatoms. The van der Waals surface area contributed by atoms with E-state index in [1.807, 2.05) is 6.92 Å². The highest BCUT2D eigenvalue weighted by Gasteiger charge is 2.19. The average molecular weight is 269 g/mol. The van der Waals surface area contributed by atoms with Gasteiger partial charge in [-0.2, -0.15) is 0 Å². The van der Waals surface area contributed by atoms with E-state index in [2.05, 4.69) is 4.90 Å². The van der Waals surface area contributed by atoms with Gasteiger partial charge in [0.2, 0.25) is 0 Å². The van der Waals surface area contributed by atoms with Crippen molar-refractivity contribution in [3.05, 3.63) is 30.1 Å². The van der Waals surface area contributed by atoms with Gasteiger partial charge >= 0.3 is 0 Å². The first-order valence-corrected chi connectivity index (χ1v) is 6.54. The van der Waals surface area contributed by atoms with Crippen molar-refractivity contribution in [2.75, 3.05) is 32.8 Å². The minimum atomic E-state index is -0.634. The van der Waals surface area contributed by atoms with E-state index in [9.17, 15) is 9.50 Å². The summed E-state index contributed by atoms with van der Waals surface area (Å²) in [6.45, 7) is 4.91. The number of benzene rings is 1. The molecule has 1 aromatic rings. The molecule has 106 valence electrons. The number of rotatable bonds is 5. The summed E-state index contributed by atoms with van der Waals surface area (Å²) < 4.78 is 24.0. The molecule has 1 aliphatic heterocycles. The van der Waals surface area contributed by atoms with Crippen molar-refractivity contribution < 1.29 is 19.0 Å². The molecule has 0 spiro atoms. The summed E-state index contributed by atoms with van der Waals surface area (Å²) in [5, 5.41) is 9.91. The Morgan fingerprint density at radius 2 is 2.32 bits per heavy atom. The standard InChI is InChI=1S/C14H20FNO3/c1-11-8-16(6-7-18-11)9-12(17)10-19-14-5-3-2-4-13(14)15/h2-5,11-12,17H,6-10H2,1H3. The van der Waals surface area contributed by atoms with E-state index in [1.54, 1.807) is 18.2 Å². The van der Waals surface area contributed by atoms with E-state index >= 15 is 0 Å². The van der Waals surface area contributed by atoms with Crippen LogP contribution in [0.25, 0.3) is 0 Å². The van der Waals surface area contributed by atoms with E-state index in [-0.39, 0.29) is 18.5 Å². The van der Waals surface area contributed by atoms with Gasteiger partial charge in [-0.3, -0.25) is 4.90 Å². The lowest BCUT2D eigenvalue weighted by molar-refractivity contribution is -0.0362. The lowest BCUT2D eigenvalue weighted by Gasteiger charge is -2.32. The number of aliphatic hydroxyl groups excluding tert-OH is 1. The third-order valence-electron chi connectivity index (χ3n) is 3.06. The maximum Gasteiger partial charge on any atom is 0.165 e. The molecule has 1 N–H and O–H groups in total. The number of hydrogen-bond acceptors (Lipinski definition) is 4. The van der Waals surface area contributed by atoms with Crippen LogP contribution in [-0.4, -0.2) is 55.1 Å². The minimum absolute atomic E-state index is 0.0900. The molecule has 2 unspecified atom stereocenters. The zero-order valence-electron chi connectivity index (χ0n) is 11.1. The van der Waals surface area contributed by atoms with Crippen LogP contribution in [0, 0.1) is 5.82 Å². The van der Waals surface area contributed by atoms with Crippen molar-refractivity contribution in [1.29, 1.82) is 0 Å². The molecule has 19 heavy (non-hydrogen) atoms. The number of hydrogen-bond donors (Lipinski definition) is 1. The Kier molecular flexibility index (Phi) is 5.13. The molecule has 1 aromatic carbocycles. The third kappa shape index (κ3) is 4.45. The summed E-state index contributed by atoms with van der Waals surface area (Å²) in [7, 11) is 0. The molecule has 1 saturated heterocycles. The molecule has 2 rings (SSSR count). The van der Waals surface area contributed by atoms with Gasteiger partial charge in [-0.25, -0.2) is 4.39 Å². The fraction of sp³-hybridized carbons (Fsp3) is 0.571. The first-order chi connectivity index (χ1) is 9.15. The van der Waals surface area contributed by atoms with E-state index in [1.165, 1.54) is 6.07 Å². The first-order valence-electron chi connectivity index (χ1n) is 6.54. The van der Waals surface area contributed by atoms with Crippen LogP contribution < -0.4 is 4.74 Å². The molecule has 0 amide bonds. The molecule has 0 bridgehead atoms. The van der Waals surface area contributed by atoms with Crippen LogP contribution >= 0.6 is 0 Å². The molecule has 0 aromatic heterocycles. The summed E-state index contributed by atoms with van der Waals surface area (Å²) in [6.07, 6.45) is -0.446. The zero-order valence-corrected chi connectivity index (χ0v) is 11.1. The van der Waals surface area contributed by atoms with Crippen LogP contribution in [0.5, 0.6) is 5.75 Å². The largest absolute Gasteiger partial charge is 0.488 e. The molecular weight excluding hydrogens is 249 g/mol. The monoisotopic (exact) mass is 269 g/mol. The molecular formula is C14H20FNO3. The van der Waals surface area contributed by atoms with E-state index in [0.717, 1.165) is 13.1 Å². The van der Waals surface area contributed by atoms with Gasteiger partial charge in [0.05, 0.1) is 12.7 Å². The van der Waals surface area contributed by atoms with Crippen molar-refractivity contribution in [1.82, 2.24) is 4.90 Å². The van der Waals surface area contributed by atoms with Gasteiger partial charge in [0.15, 0.2) is 11.6 Å². The molecule has 0 saturated carbocycles. The van der Waals surface area contributed by atoms with Crippen molar-refractivity contribution in [3.63, 3.8) is 0 Å². The van der Waals surface area contributed by atoms with E-state index in [4.69, 9.17) is 9.47 Å². The fourth-order valence-electron chi connectivity index (χ4n) is 2.15. The molecule has 0 aliphatic carbocycles. The number of β-amino-alcohol motifs (C(OH)–C–C–N with tert-alkyl or cyclic N) is 1. The molecule has 4 nitrogen and oxygen atoms in total. The molecule has 1 aliphatic rings. The smallest absolute Gasteiger partial charge is 0.165 e. The van der Waals surface area contributed by atoms with Gasteiger partial charge in [0.25, 0.3) is 0 Å². The van der Waals surface area contributed by atoms with Crippen molar-refractivity contribution >= 4 is 0 Å². The number of morpholine rings is 1. The van der Waals surface area contributed by atoms with Crippen LogP contribution in [0.3, 0.4) is 0 Å². The minimum Gasteiger partial charge on any atom is -0.488 e. The number of nitrogens with zero attached hydrogens (tertiary/aromatic N) is 1. The molecule has 1 fully saturated rings. The summed E-state index contributed by atoms with van der Waals surface area (Å²) in [6, 6.07) is 6.20. The zero-order chi connectivity index (χ0) is 13.7. The number of ether oxygens (including phenoxy) is 2. The fourth-order valence-corrected chi connectivity index (χ4v) is 2.15. The van der Waals surface area contributed by atoms with Crippen LogP contribution in [0.15, 0.2) is 24.3 Å². The maximum absolute atomic E-state index is 13.3. The summed E-state index contributed by atoms with van der Waals surface area (Å²) in [4.78, 5) is 2.13. The lowest BCUT2D eigenvalue weighted by atomic mass is 10.2. The second kappa shape index (κ2) is 6.84. The molecule has 1 heterocycles. The Bertz CT molecular complexity index is 402. The number of para-hydroxylation sites is 1. The first kappa shape index (κ1) is 14.2. The Labute approximate surface area is 112 Å². The van der Waals surface area contributed by atoms with Gasteiger partial charge in [0.1, 0.15) is 12.7 Å². The Balaban J connectivity index is 1.75. The maximum atomic E-state index is 13.3. The van der Waals surface area contributed by atoms with Gasteiger partial charge in [-0.05, 0) is 19.1 Å². The van der Waals surface area contributed by atoms with Crippen LogP contribution in [-0.2, 0) is 4.74 Å². The second-order valence-corrected chi connectivity index (χ2v) is 4.84. The predicted molar refractivity (Wildman–Crippen MR) is 69.8 cm³/mol. The topological polar surface area (TPSA) is 41.9 Å². The van der Waals surface area contributed by atoms with Crippen LogP contribution in [0.2, 0.25) is 0 Å². The third-order valence-corrected chi connectivity index (χ3v) is 3.06. The van der Waals surface area contributed by atoms with Crippen molar-refractivity contribution in [2.45, 2.75) is 19.1 Å². The van der Waals surface area contributed by atoms with Crippen LogP contribution in [0.4, 0.5) is 4.39 Å². The highest BCUT2D eigenvalue weighted by atomic mass is 19.1. The molecule has 2 atom stereocenters. The molecule has 0 radical (unpaired) electrons. The number of aliphatic hydroxyl groups is 1. The van der Waals surface area contributed by atoms with Gasteiger partial charge in [-0.1, -0.05) is 12.1 Å². The summed E-state index contributed by atoms with van der Waals surface area (Å²) in [5.41, 5.74) is 0. The van der Waals surface area contributed by atoms with Gasteiger partial charge < -0.3 is 14.6 Å². The van der Waals surface area contributed by atoms with Crippen molar-refractivity contribution in [3.8, 4) is 5.75 Å². The van der Waals surface area contributed by atoms with Gasteiger partial charge in [0, 0.05) is 19.6 Å². The quantitative estimate of drug-likeness (QED) is 0.874. The number of halogens is 1. The Hall–Kier alpha value is -1.17. The Morgan fingerprint density at radius 1 is 1.53 bits per heavy atom.